The highest BCUT2D eigenvalue weighted by Crippen LogP contribution is 2.24. The van der Waals surface area contributed by atoms with Gasteiger partial charge in [0.15, 0.2) is 5.82 Å². The first-order valence-electron chi connectivity index (χ1n) is 7.98. The molecule has 0 spiro atoms. The lowest BCUT2D eigenvalue weighted by molar-refractivity contribution is 0.00938. The Bertz CT molecular complexity index is 401. The van der Waals surface area contributed by atoms with Gasteiger partial charge in [0.25, 0.3) is 0 Å². The molecular formula is C16H28N4O. The molecule has 0 N–H and O–H groups in total. The van der Waals surface area contributed by atoms with Gasteiger partial charge in [-0.1, -0.05) is 6.92 Å². The van der Waals surface area contributed by atoms with Crippen LogP contribution in [0.25, 0.3) is 0 Å². The minimum atomic E-state index is 0.101. The van der Waals surface area contributed by atoms with E-state index in [2.05, 4.69) is 40.8 Å². The van der Waals surface area contributed by atoms with Gasteiger partial charge < -0.3 is 9.64 Å². The maximum Gasteiger partial charge on any atom is 0.157 e. The van der Waals surface area contributed by atoms with Crippen molar-refractivity contribution in [2.45, 2.75) is 38.8 Å². The number of nitrogens with zero attached hydrogens (tertiary/aromatic N) is 4. The van der Waals surface area contributed by atoms with E-state index in [0.29, 0.717) is 0 Å². The Kier molecular flexibility index (Phi) is 6.54. The molecule has 118 valence electrons. The predicted molar refractivity (Wildman–Crippen MR) is 84.1 cm³/mol. The van der Waals surface area contributed by atoms with Crippen LogP contribution in [0.2, 0.25) is 0 Å². The summed E-state index contributed by atoms with van der Waals surface area (Å²) in [7, 11) is 4.21. The fourth-order valence-corrected chi connectivity index (χ4v) is 2.51. The minimum Gasteiger partial charge on any atom is -0.370 e. The maximum atomic E-state index is 5.73. The van der Waals surface area contributed by atoms with E-state index < -0.39 is 0 Å². The lowest BCUT2D eigenvalue weighted by Gasteiger charge is -2.23. The van der Waals surface area contributed by atoms with Crippen molar-refractivity contribution in [3.8, 4) is 0 Å². The summed E-state index contributed by atoms with van der Waals surface area (Å²) in [5.74, 6) is 0.842. The normalized spacial score (nSPS) is 19.4. The summed E-state index contributed by atoms with van der Waals surface area (Å²) < 4.78 is 5.73. The Morgan fingerprint density at radius 1 is 1.19 bits per heavy atom. The number of hydrogen-bond donors (Lipinski definition) is 0. The smallest absolute Gasteiger partial charge is 0.157 e. The van der Waals surface area contributed by atoms with Crippen molar-refractivity contribution in [2.24, 2.45) is 0 Å². The summed E-state index contributed by atoms with van der Waals surface area (Å²) in [5.41, 5.74) is 1.18. The second kappa shape index (κ2) is 8.41. The van der Waals surface area contributed by atoms with E-state index in [9.17, 15) is 0 Å². The fourth-order valence-electron chi connectivity index (χ4n) is 2.51. The third-order valence-corrected chi connectivity index (χ3v) is 3.91. The molecule has 0 saturated carbocycles. The number of aromatic nitrogens is 2. The molecule has 0 aliphatic carbocycles. The second-order valence-electron chi connectivity index (χ2n) is 5.98. The van der Waals surface area contributed by atoms with Gasteiger partial charge in [0.1, 0.15) is 6.10 Å². The Labute approximate surface area is 128 Å². The van der Waals surface area contributed by atoms with Gasteiger partial charge in [-0.25, -0.2) is 9.97 Å². The Hall–Kier alpha value is -1.04. The van der Waals surface area contributed by atoms with E-state index >= 15 is 0 Å². The van der Waals surface area contributed by atoms with E-state index in [1.165, 1.54) is 12.0 Å². The molecule has 1 aromatic rings. The van der Waals surface area contributed by atoms with E-state index in [0.717, 1.165) is 51.5 Å². The molecule has 0 aromatic carbocycles. The summed E-state index contributed by atoms with van der Waals surface area (Å²) in [6.07, 6.45) is 7.43. The number of likely N-dealkylation sites (N-methyl/N-ethyl adjacent to an activating group) is 2. The Morgan fingerprint density at radius 3 is 2.52 bits per heavy atom. The fraction of sp³-hybridized carbons (Fsp3) is 0.750. The monoisotopic (exact) mass is 292 g/mol. The molecule has 0 unspecified atom stereocenters. The van der Waals surface area contributed by atoms with Crippen molar-refractivity contribution < 1.29 is 4.74 Å². The van der Waals surface area contributed by atoms with Crippen LogP contribution in [0.15, 0.2) is 12.4 Å². The minimum absolute atomic E-state index is 0.101. The van der Waals surface area contributed by atoms with Gasteiger partial charge in [-0.15, -0.1) is 0 Å². The topological polar surface area (TPSA) is 41.5 Å². The molecule has 1 aliphatic heterocycles. The van der Waals surface area contributed by atoms with Crippen LogP contribution < -0.4 is 0 Å². The molecule has 0 bridgehead atoms. The number of rotatable bonds is 7. The van der Waals surface area contributed by atoms with Crippen molar-refractivity contribution in [1.82, 2.24) is 19.8 Å². The summed E-state index contributed by atoms with van der Waals surface area (Å²) in [4.78, 5) is 13.6. The molecule has 21 heavy (non-hydrogen) atoms. The zero-order chi connectivity index (χ0) is 15.1. The SMILES string of the molecule is CCN(CCN(C)C)Cc1cnc([C@@H]2CCCCO2)nc1. The first-order valence-corrected chi connectivity index (χ1v) is 7.98. The molecule has 2 heterocycles. The zero-order valence-electron chi connectivity index (χ0n) is 13.6. The van der Waals surface area contributed by atoms with Crippen molar-refractivity contribution in [2.75, 3.05) is 40.3 Å². The standard InChI is InChI=1S/C16H28N4O/c1-4-20(9-8-19(2)3)13-14-11-17-16(18-12-14)15-7-5-6-10-21-15/h11-12,15H,4-10,13H2,1-3H3/t15-/m0/s1. The van der Waals surface area contributed by atoms with Crippen LogP contribution in [-0.4, -0.2) is 60.1 Å². The van der Waals surface area contributed by atoms with Crippen molar-refractivity contribution in [3.05, 3.63) is 23.8 Å². The quantitative estimate of drug-likeness (QED) is 0.770. The average Bonchev–Trinajstić information content (AvgIpc) is 2.52. The first-order chi connectivity index (χ1) is 10.2. The third-order valence-electron chi connectivity index (χ3n) is 3.91. The maximum absolute atomic E-state index is 5.73. The van der Waals surface area contributed by atoms with Gasteiger partial charge >= 0.3 is 0 Å². The summed E-state index contributed by atoms with van der Waals surface area (Å²) in [6, 6.07) is 0. The summed E-state index contributed by atoms with van der Waals surface area (Å²) >= 11 is 0. The molecule has 1 fully saturated rings. The molecule has 1 aromatic heterocycles. The highest BCUT2D eigenvalue weighted by atomic mass is 16.5. The van der Waals surface area contributed by atoms with E-state index in [4.69, 9.17) is 4.74 Å². The molecule has 1 saturated heterocycles. The third kappa shape index (κ3) is 5.34. The highest BCUT2D eigenvalue weighted by molar-refractivity contribution is 5.06. The molecule has 5 nitrogen and oxygen atoms in total. The first kappa shape index (κ1) is 16.3. The van der Waals surface area contributed by atoms with Crippen LogP contribution in [0.4, 0.5) is 0 Å². The van der Waals surface area contributed by atoms with Gasteiger partial charge in [-0.3, -0.25) is 4.90 Å². The Morgan fingerprint density at radius 2 is 1.95 bits per heavy atom. The zero-order valence-corrected chi connectivity index (χ0v) is 13.6. The van der Waals surface area contributed by atoms with Crippen molar-refractivity contribution >= 4 is 0 Å². The van der Waals surface area contributed by atoms with E-state index in [1.54, 1.807) is 0 Å². The predicted octanol–water partition coefficient (Wildman–Crippen LogP) is 2.10. The molecule has 0 amide bonds. The van der Waals surface area contributed by atoms with Gasteiger partial charge in [-0.2, -0.15) is 0 Å². The lowest BCUT2D eigenvalue weighted by Crippen LogP contribution is -2.31. The van der Waals surface area contributed by atoms with Gasteiger partial charge in [0.2, 0.25) is 0 Å². The van der Waals surface area contributed by atoms with E-state index in [1.807, 2.05) is 12.4 Å². The summed E-state index contributed by atoms with van der Waals surface area (Å²) in [6.45, 7) is 7.13. The van der Waals surface area contributed by atoms with E-state index in [-0.39, 0.29) is 6.10 Å². The van der Waals surface area contributed by atoms with Crippen molar-refractivity contribution in [1.29, 1.82) is 0 Å². The molecule has 1 aliphatic rings. The van der Waals surface area contributed by atoms with Gasteiger partial charge in [-0.05, 0) is 39.9 Å². The van der Waals surface area contributed by atoms with Crippen LogP contribution in [0.5, 0.6) is 0 Å². The average molecular weight is 292 g/mol. The molecule has 5 heteroatoms. The Balaban J connectivity index is 1.88. The highest BCUT2D eigenvalue weighted by Gasteiger charge is 2.18. The number of hydrogen-bond acceptors (Lipinski definition) is 5. The van der Waals surface area contributed by atoms with Crippen molar-refractivity contribution in [3.63, 3.8) is 0 Å². The number of ether oxygens (including phenoxy) is 1. The summed E-state index contributed by atoms with van der Waals surface area (Å²) in [5, 5.41) is 0. The van der Waals surface area contributed by atoms with Crippen LogP contribution in [0.1, 0.15) is 43.7 Å². The van der Waals surface area contributed by atoms with Crippen LogP contribution in [0, 0.1) is 0 Å². The van der Waals surface area contributed by atoms with Crippen LogP contribution in [0.3, 0.4) is 0 Å². The second-order valence-corrected chi connectivity index (χ2v) is 5.98. The van der Waals surface area contributed by atoms with Gasteiger partial charge in [0, 0.05) is 44.2 Å². The van der Waals surface area contributed by atoms with Crippen LogP contribution >= 0.6 is 0 Å². The molecule has 1 atom stereocenters. The largest absolute Gasteiger partial charge is 0.370 e. The van der Waals surface area contributed by atoms with Crippen LogP contribution in [-0.2, 0) is 11.3 Å². The molecule has 0 radical (unpaired) electrons. The molecule has 2 rings (SSSR count). The lowest BCUT2D eigenvalue weighted by atomic mass is 10.1. The molecular weight excluding hydrogens is 264 g/mol. The van der Waals surface area contributed by atoms with Gasteiger partial charge in [0.05, 0.1) is 0 Å².